The molecule has 7 heteroatoms. The van der Waals surface area contributed by atoms with Gasteiger partial charge in [0.15, 0.2) is 0 Å². The number of anilines is 1. The average Bonchev–Trinajstić information content (AvgIpc) is 2.56. The van der Waals surface area contributed by atoms with Crippen LogP contribution in [-0.4, -0.2) is 61.1 Å². The molecule has 132 valence electrons. The molecular weight excluding hydrogens is 330 g/mol. The summed E-state index contributed by atoms with van der Waals surface area (Å²) >= 11 is 5.91. The number of benzene rings is 1. The molecule has 0 unspecified atom stereocenters. The van der Waals surface area contributed by atoms with Crippen molar-refractivity contribution >= 4 is 29.3 Å². The van der Waals surface area contributed by atoms with Crippen LogP contribution in [0.4, 0.5) is 10.5 Å². The first-order valence-electron chi connectivity index (χ1n) is 8.19. The highest BCUT2D eigenvalue weighted by Crippen LogP contribution is 2.19. The Kier molecular flexibility index (Phi) is 6.87. The lowest BCUT2D eigenvalue weighted by molar-refractivity contribution is -0.116. The molecule has 0 bridgehead atoms. The Bertz CT molecular complexity index is 586. The van der Waals surface area contributed by atoms with Gasteiger partial charge in [-0.05, 0) is 37.6 Å². The van der Waals surface area contributed by atoms with E-state index in [1.165, 1.54) is 0 Å². The van der Waals surface area contributed by atoms with Gasteiger partial charge in [0.2, 0.25) is 5.91 Å². The quantitative estimate of drug-likeness (QED) is 0.884. The molecule has 1 N–H and O–H groups in total. The third-order valence-electron chi connectivity index (χ3n) is 4.02. The van der Waals surface area contributed by atoms with Gasteiger partial charge in [0.25, 0.3) is 0 Å². The van der Waals surface area contributed by atoms with Crippen molar-refractivity contribution < 1.29 is 14.3 Å². The monoisotopic (exact) mass is 353 g/mol. The van der Waals surface area contributed by atoms with Crippen LogP contribution >= 0.6 is 11.6 Å². The number of hydrogen-bond acceptors (Lipinski definition) is 4. The van der Waals surface area contributed by atoms with E-state index in [1.54, 1.807) is 17.9 Å². The summed E-state index contributed by atoms with van der Waals surface area (Å²) in [5, 5.41) is 3.57. The minimum atomic E-state index is -0.256. The number of carbonyl (C=O) groups is 2. The number of ether oxygens (including phenoxy) is 1. The van der Waals surface area contributed by atoms with Gasteiger partial charge in [-0.2, -0.15) is 0 Å². The Morgan fingerprint density at radius 1 is 1.25 bits per heavy atom. The molecule has 6 nitrogen and oxygen atoms in total. The van der Waals surface area contributed by atoms with E-state index in [9.17, 15) is 9.59 Å². The molecule has 0 spiro atoms. The lowest BCUT2D eigenvalue weighted by Crippen LogP contribution is -2.49. The molecule has 0 atom stereocenters. The molecule has 1 heterocycles. The lowest BCUT2D eigenvalue weighted by atomic mass is 10.2. The second-order valence-electron chi connectivity index (χ2n) is 5.79. The zero-order chi connectivity index (χ0) is 17.5. The Morgan fingerprint density at radius 3 is 2.58 bits per heavy atom. The first-order valence-corrected chi connectivity index (χ1v) is 8.57. The van der Waals surface area contributed by atoms with Gasteiger partial charge < -0.3 is 15.0 Å². The zero-order valence-corrected chi connectivity index (χ0v) is 14.9. The highest BCUT2D eigenvalue weighted by molar-refractivity contribution is 6.30. The maximum absolute atomic E-state index is 12.1. The number of hydrogen-bond donors (Lipinski definition) is 1. The van der Waals surface area contributed by atoms with Crippen molar-refractivity contribution in [2.75, 3.05) is 44.6 Å². The van der Waals surface area contributed by atoms with Crippen molar-refractivity contribution in [2.24, 2.45) is 0 Å². The summed E-state index contributed by atoms with van der Waals surface area (Å²) in [4.78, 5) is 27.6. The number of aryl methyl sites for hydroxylation is 1. The number of nitrogens with one attached hydrogen (secondary N) is 1. The fourth-order valence-corrected chi connectivity index (χ4v) is 2.84. The van der Waals surface area contributed by atoms with Crippen molar-refractivity contribution in [3.63, 3.8) is 0 Å². The minimum absolute atomic E-state index is 0.0201. The second-order valence-corrected chi connectivity index (χ2v) is 6.22. The largest absolute Gasteiger partial charge is 0.450 e. The summed E-state index contributed by atoms with van der Waals surface area (Å²) in [5.41, 5.74) is 1.73. The van der Waals surface area contributed by atoms with E-state index in [1.807, 2.05) is 19.1 Å². The Morgan fingerprint density at radius 2 is 1.96 bits per heavy atom. The SMILES string of the molecule is CCOC(=O)N1CCN(CCC(=O)Nc2ccc(Cl)cc2C)CC1. The Balaban J connectivity index is 1.72. The molecule has 2 rings (SSSR count). The van der Waals surface area contributed by atoms with E-state index in [0.717, 1.165) is 24.3 Å². The van der Waals surface area contributed by atoms with Crippen molar-refractivity contribution in [3.05, 3.63) is 28.8 Å². The number of piperazine rings is 1. The highest BCUT2D eigenvalue weighted by atomic mass is 35.5. The second kappa shape index (κ2) is 8.89. The van der Waals surface area contributed by atoms with Gasteiger partial charge >= 0.3 is 6.09 Å². The molecule has 2 amide bonds. The first-order chi connectivity index (χ1) is 11.5. The minimum Gasteiger partial charge on any atom is -0.450 e. The van der Waals surface area contributed by atoms with Crippen LogP contribution in [0.2, 0.25) is 5.02 Å². The standard InChI is InChI=1S/C17H24ClN3O3/c1-3-24-17(23)21-10-8-20(9-11-21)7-6-16(22)19-15-5-4-14(18)12-13(15)2/h4-5,12H,3,6-11H2,1-2H3,(H,19,22). The molecule has 1 aliphatic rings. The molecule has 1 saturated heterocycles. The fourth-order valence-electron chi connectivity index (χ4n) is 2.61. The van der Waals surface area contributed by atoms with Gasteiger partial charge in [0.05, 0.1) is 6.61 Å². The van der Waals surface area contributed by atoms with Crippen LogP contribution in [0, 0.1) is 6.92 Å². The number of amides is 2. The molecule has 1 aromatic carbocycles. The van der Waals surface area contributed by atoms with Crippen LogP contribution in [0.25, 0.3) is 0 Å². The molecule has 0 radical (unpaired) electrons. The van der Waals surface area contributed by atoms with Crippen LogP contribution in [-0.2, 0) is 9.53 Å². The van der Waals surface area contributed by atoms with E-state index in [2.05, 4.69) is 10.2 Å². The fraction of sp³-hybridized carbons (Fsp3) is 0.529. The van der Waals surface area contributed by atoms with E-state index >= 15 is 0 Å². The van der Waals surface area contributed by atoms with Crippen LogP contribution in [0.1, 0.15) is 18.9 Å². The van der Waals surface area contributed by atoms with Crippen LogP contribution in [0.5, 0.6) is 0 Å². The summed E-state index contributed by atoms with van der Waals surface area (Å²) < 4.78 is 5.00. The molecule has 0 aliphatic carbocycles. The normalized spacial score (nSPS) is 15.2. The summed E-state index contributed by atoms with van der Waals surface area (Å²) in [6, 6.07) is 5.40. The first kappa shape index (κ1) is 18.5. The van der Waals surface area contributed by atoms with Crippen molar-refractivity contribution in [1.29, 1.82) is 0 Å². The van der Waals surface area contributed by atoms with Crippen molar-refractivity contribution in [2.45, 2.75) is 20.3 Å². The van der Waals surface area contributed by atoms with E-state index in [4.69, 9.17) is 16.3 Å². The average molecular weight is 354 g/mol. The van der Waals surface area contributed by atoms with Gasteiger partial charge in [-0.15, -0.1) is 0 Å². The van der Waals surface area contributed by atoms with Crippen LogP contribution < -0.4 is 5.32 Å². The lowest BCUT2D eigenvalue weighted by Gasteiger charge is -2.33. The molecule has 24 heavy (non-hydrogen) atoms. The topological polar surface area (TPSA) is 61.9 Å². The number of carbonyl (C=O) groups excluding carboxylic acids is 2. The predicted molar refractivity (Wildman–Crippen MR) is 94.5 cm³/mol. The van der Waals surface area contributed by atoms with Crippen LogP contribution in [0.15, 0.2) is 18.2 Å². The molecule has 1 aromatic rings. The zero-order valence-electron chi connectivity index (χ0n) is 14.2. The van der Waals surface area contributed by atoms with Gasteiger partial charge in [0.1, 0.15) is 0 Å². The van der Waals surface area contributed by atoms with Crippen molar-refractivity contribution in [3.8, 4) is 0 Å². The smallest absolute Gasteiger partial charge is 0.409 e. The third-order valence-corrected chi connectivity index (χ3v) is 4.25. The predicted octanol–water partition coefficient (Wildman–Crippen LogP) is 2.75. The summed E-state index contributed by atoms with van der Waals surface area (Å²) in [6.45, 7) is 7.56. The number of rotatable bonds is 5. The molecular formula is C17H24ClN3O3. The number of halogens is 1. The van der Waals surface area contributed by atoms with Crippen molar-refractivity contribution in [1.82, 2.24) is 9.80 Å². The maximum Gasteiger partial charge on any atom is 0.409 e. The van der Waals surface area contributed by atoms with E-state index in [-0.39, 0.29) is 12.0 Å². The summed E-state index contributed by atoms with van der Waals surface area (Å²) in [5.74, 6) is -0.0201. The summed E-state index contributed by atoms with van der Waals surface area (Å²) in [7, 11) is 0. The number of nitrogens with zero attached hydrogens (tertiary/aromatic N) is 2. The van der Waals surface area contributed by atoms with E-state index in [0.29, 0.717) is 37.7 Å². The maximum atomic E-state index is 12.1. The summed E-state index contributed by atoms with van der Waals surface area (Å²) in [6.07, 6.45) is 0.162. The molecule has 1 fully saturated rings. The van der Waals surface area contributed by atoms with Crippen LogP contribution in [0.3, 0.4) is 0 Å². The van der Waals surface area contributed by atoms with E-state index < -0.39 is 0 Å². The molecule has 1 aliphatic heterocycles. The van der Waals surface area contributed by atoms with Gasteiger partial charge in [-0.1, -0.05) is 11.6 Å². The molecule has 0 saturated carbocycles. The van der Waals surface area contributed by atoms with Gasteiger partial charge in [0, 0.05) is 49.9 Å². The Hall–Kier alpha value is -1.79. The Labute approximate surface area is 147 Å². The highest BCUT2D eigenvalue weighted by Gasteiger charge is 2.22. The van der Waals surface area contributed by atoms with Gasteiger partial charge in [-0.25, -0.2) is 4.79 Å². The third kappa shape index (κ3) is 5.39. The molecule has 0 aromatic heterocycles. The van der Waals surface area contributed by atoms with Gasteiger partial charge in [-0.3, -0.25) is 9.69 Å².